The van der Waals surface area contributed by atoms with Crippen molar-refractivity contribution in [3.05, 3.63) is 11.1 Å². The summed E-state index contributed by atoms with van der Waals surface area (Å²) in [5, 5.41) is 5.59. The highest BCUT2D eigenvalue weighted by Gasteiger charge is 2.19. The minimum atomic E-state index is -0.161. The van der Waals surface area contributed by atoms with E-state index < -0.39 is 0 Å². The Morgan fingerprint density at radius 2 is 2.31 bits per heavy atom. The second-order valence-corrected chi connectivity index (χ2v) is 4.41. The van der Waals surface area contributed by atoms with E-state index in [-0.39, 0.29) is 30.8 Å². The smallest absolute Gasteiger partial charge is 0.239 e. The van der Waals surface area contributed by atoms with Crippen molar-refractivity contribution in [2.45, 2.75) is 0 Å². The summed E-state index contributed by atoms with van der Waals surface area (Å²) in [6.07, 6.45) is 0. The third-order valence-electron chi connectivity index (χ3n) is 2.00. The van der Waals surface area contributed by atoms with Crippen molar-refractivity contribution < 1.29 is 9.59 Å². The molecule has 1 rings (SSSR count). The lowest BCUT2D eigenvalue weighted by Crippen LogP contribution is -2.51. The lowest BCUT2D eigenvalue weighted by atomic mass is 10.3. The standard InChI is InChI=1S/C9H14BrN3O2.ClH/c1-7(10)4-12-8(14)6-13-3-2-11-5-9(13)15;/h11H,1-6H2,(H,12,14);1H. The zero-order chi connectivity index (χ0) is 11.3. The van der Waals surface area contributed by atoms with E-state index in [1.165, 1.54) is 0 Å². The molecular formula is C9H15BrClN3O2. The lowest BCUT2D eigenvalue weighted by Gasteiger charge is -2.26. The number of carbonyl (C=O) groups is 2. The van der Waals surface area contributed by atoms with E-state index in [2.05, 4.69) is 33.1 Å². The van der Waals surface area contributed by atoms with Gasteiger partial charge in [-0.05, 0) is 0 Å². The summed E-state index contributed by atoms with van der Waals surface area (Å²) >= 11 is 3.14. The summed E-state index contributed by atoms with van der Waals surface area (Å²) in [6.45, 7) is 5.76. The SMILES string of the molecule is C=C(Br)CNC(=O)CN1CCNCC1=O.Cl. The Balaban J connectivity index is 0.00000225. The first-order chi connectivity index (χ1) is 7.09. The van der Waals surface area contributed by atoms with Gasteiger partial charge >= 0.3 is 0 Å². The molecule has 0 radical (unpaired) electrons. The maximum absolute atomic E-state index is 11.4. The van der Waals surface area contributed by atoms with Crippen LogP contribution in [0.4, 0.5) is 0 Å². The summed E-state index contributed by atoms with van der Waals surface area (Å²) in [4.78, 5) is 24.2. The molecule has 1 saturated heterocycles. The number of piperazine rings is 1. The van der Waals surface area contributed by atoms with Crippen LogP contribution in [0.1, 0.15) is 0 Å². The largest absolute Gasteiger partial charge is 0.350 e. The van der Waals surface area contributed by atoms with Crippen LogP contribution in [0.3, 0.4) is 0 Å². The van der Waals surface area contributed by atoms with Gasteiger partial charge in [-0.15, -0.1) is 12.4 Å². The van der Waals surface area contributed by atoms with Crippen molar-refractivity contribution in [3.8, 4) is 0 Å². The molecule has 0 unspecified atom stereocenters. The Morgan fingerprint density at radius 3 is 2.88 bits per heavy atom. The van der Waals surface area contributed by atoms with Crippen molar-refractivity contribution in [2.75, 3.05) is 32.7 Å². The topological polar surface area (TPSA) is 61.4 Å². The van der Waals surface area contributed by atoms with Gasteiger partial charge in [0.05, 0.1) is 13.1 Å². The van der Waals surface area contributed by atoms with Crippen molar-refractivity contribution in [3.63, 3.8) is 0 Å². The van der Waals surface area contributed by atoms with Gasteiger partial charge in [0.25, 0.3) is 0 Å². The van der Waals surface area contributed by atoms with Crippen LogP contribution in [0.5, 0.6) is 0 Å². The predicted octanol–water partition coefficient (Wildman–Crippen LogP) is -0.135. The molecule has 92 valence electrons. The molecular weight excluding hydrogens is 297 g/mol. The third-order valence-corrected chi connectivity index (χ3v) is 2.28. The lowest BCUT2D eigenvalue weighted by molar-refractivity contribution is -0.136. The summed E-state index contributed by atoms with van der Waals surface area (Å²) in [5.41, 5.74) is 0. The van der Waals surface area contributed by atoms with Gasteiger partial charge < -0.3 is 15.5 Å². The summed E-state index contributed by atoms with van der Waals surface area (Å²) in [7, 11) is 0. The summed E-state index contributed by atoms with van der Waals surface area (Å²) < 4.78 is 0.711. The van der Waals surface area contributed by atoms with E-state index in [1.54, 1.807) is 4.90 Å². The van der Waals surface area contributed by atoms with Gasteiger partial charge in [0.15, 0.2) is 0 Å². The van der Waals surface area contributed by atoms with Crippen LogP contribution in [-0.4, -0.2) is 49.4 Å². The van der Waals surface area contributed by atoms with Crippen molar-refractivity contribution in [1.82, 2.24) is 15.5 Å². The Labute approximate surface area is 109 Å². The zero-order valence-electron chi connectivity index (χ0n) is 8.79. The minimum Gasteiger partial charge on any atom is -0.350 e. The second kappa shape index (κ2) is 7.65. The Bertz CT molecular complexity index is 286. The van der Waals surface area contributed by atoms with Crippen LogP contribution in [-0.2, 0) is 9.59 Å². The van der Waals surface area contributed by atoms with Crippen LogP contribution in [0, 0.1) is 0 Å². The fourth-order valence-corrected chi connectivity index (χ4v) is 1.38. The maximum atomic E-state index is 11.4. The van der Waals surface area contributed by atoms with E-state index in [0.717, 1.165) is 6.54 Å². The van der Waals surface area contributed by atoms with Crippen molar-refractivity contribution in [2.24, 2.45) is 0 Å². The van der Waals surface area contributed by atoms with Crippen LogP contribution in [0.25, 0.3) is 0 Å². The zero-order valence-corrected chi connectivity index (χ0v) is 11.2. The molecule has 2 N–H and O–H groups in total. The summed E-state index contributed by atoms with van der Waals surface area (Å²) in [6, 6.07) is 0. The average molecular weight is 313 g/mol. The first kappa shape index (κ1) is 15.4. The number of nitrogens with zero attached hydrogens (tertiary/aromatic N) is 1. The molecule has 7 heteroatoms. The number of hydrogen-bond donors (Lipinski definition) is 2. The number of rotatable bonds is 4. The van der Waals surface area contributed by atoms with Gasteiger partial charge in [-0.25, -0.2) is 0 Å². The molecule has 5 nitrogen and oxygen atoms in total. The molecule has 1 aliphatic heterocycles. The number of nitrogens with one attached hydrogen (secondary N) is 2. The van der Waals surface area contributed by atoms with Crippen LogP contribution >= 0.6 is 28.3 Å². The first-order valence-electron chi connectivity index (χ1n) is 4.68. The van der Waals surface area contributed by atoms with E-state index in [0.29, 0.717) is 24.1 Å². The first-order valence-corrected chi connectivity index (χ1v) is 5.47. The molecule has 0 aliphatic carbocycles. The molecule has 0 saturated carbocycles. The van der Waals surface area contributed by atoms with Gasteiger partial charge in [0.2, 0.25) is 11.8 Å². The number of hydrogen-bond acceptors (Lipinski definition) is 3. The average Bonchev–Trinajstić information content (AvgIpc) is 2.18. The highest BCUT2D eigenvalue weighted by molar-refractivity contribution is 9.11. The molecule has 0 aromatic rings. The molecule has 16 heavy (non-hydrogen) atoms. The van der Waals surface area contributed by atoms with E-state index in [4.69, 9.17) is 0 Å². The van der Waals surface area contributed by atoms with Crippen molar-refractivity contribution in [1.29, 1.82) is 0 Å². The Kier molecular flexibility index (Phi) is 7.36. The quantitative estimate of drug-likeness (QED) is 0.760. The fourth-order valence-electron chi connectivity index (χ4n) is 1.24. The van der Waals surface area contributed by atoms with Crippen molar-refractivity contribution >= 4 is 40.2 Å². The third kappa shape index (κ3) is 5.48. The molecule has 0 aromatic carbocycles. The second-order valence-electron chi connectivity index (χ2n) is 3.29. The molecule has 0 atom stereocenters. The molecule has 0 bridgehead atoms. The van der Waals surface area contributed by atoms with Gasteiger partial charge in [-0.2, -0.15) is 0 Å². The van der Waals surface area contributed by atoms with Crippen LogP contribution in [0.15, 0.2) is 11.1 Å². The maximum Gasteiger partial charge on any atom is 0.239 e. The molecule has 2 amide bonds. The van der Waals surface area contributed by atoms with Gasteiger partial charge in [-0.1, -0.05) is 22.5 Å². The normalized spacial score (nSPS) is 15.3. The number of halogens is 2. The van der Waals surface area contributed by atoms with Gasteiger partial charge in [-0.3, -0.25) is 9.59 Å². The summed E-state index contributed by atoms with van der Waals surface area (Å²) in [5.74, 6) is -0.195. The van der Waals surface area contributed by atoms with Gasteiger partial charge in [0.1, 0.15) is 0 Å². The highest BCUT2D eigenvalue weighted by Crippen LogP contribution is 1.97. The molecule has 0 aromatic heterocycles. The van der Waals surface area contributed by atoms with Gasteiger partial charge in [0, 0.05) is 24.1 Å². The molecule has 0 spiro atoms. The Morgan fingerprint density at radius 1 is 1.62 bits per heavy atom. The highest BCUT2D eigenvalue weighted by atomic mass is 79.9. The molecule has 1 heterocycles. The fraction of sp³-hybridized carbons (Fsp3) is 0.556. The van der Waals surface area contributed by atoms with E-state index >= 15 is 0 Å². The van der Waals surface area contributed by atoms with E-state index in [1.807, 2.05) is 0 Å². The van der Waals surface area contributed by atoms with Crippen LogP contribution in [0.2, 0.25) is 0 Å². The number of carbonyl (C=O) groups excluding carboxylic acids is 2. The number of amides is 2. The predicted molar refractivity (Wildman–Crippen MR) is 67.8 cm³/mol. The van der Waals surface area contributed by atoms with E-state index in [9.17, 15) is 9.59 Å². The molecule has 1 fully saturated rings. The van der Waals surface area contributed by atoms with Crippen LogP contribution < -0.4 is 10.6 Å². The Hall–Kier alpha value is -0.590. The molecule has 1 aliphatic rings. The minimum absolute atomic E-state index is 0. The monoisotopic (exact) mass is 311 g/mol.